The van der Waals surface area contributed by atoms with Gasteiger partial charge in [-0.25, -0.2) is 0 Å². The van der Waals surface area contributed by atoms with Gasteiger partial charge in [0.25, 0.3) is 0 Å². The van der Waals surface area contributed by atoms with E-state index in [0.717, 1.165) is 13.0 Å². The van der Waals surface area contributed by atoms with Crippen molar-refractivity contribution in [3.63, 3.8) is 0 Å². The van der Waals surface area contributed by atoms with Gasteiger partial charge in [-0.1, -0.05) is 44.2 Å². The molecule has 87 valence electrons. The van der Waals surface area contributed by atoms with Gasteiger partial charge in [0.15, 0.2) is 0 Å². The minimum atomic E-state index is 0.438. The first-order chi connectivity index (χ1) is 7.72. The fourth-order valence-electron chi connectivity index (χ4n) is 2.61. The summed E-state index contributed by atoms with van der Waals surface area (Å²) in [7, 11) is 0. The molecule has 1 heterocycles. The summed E-state index contributed by atoms with van der Waals surface area (Å²) in [4.78, 5) is 2.57. The molecule has 1 aliphatic heterocycles. The van der Waals surface area contributed by atoms with Gasteiger partial charge >= 0.3 is 0 Å². The highest BCUT2D eigenvalue weighted by Crippen LogP contribution is 2.32. The lowest BCUT2D eigenvalue weighted by molar-refractivity contribution is 0.0986. The zero-order chi connectivity index (χ0) is 11.4. The van der Waals surface area contributed by atoms with Gasteiger partial charge < -0.3 is 0 Å². The molecule has 1 aliphatic rings. The minimum absolute atomic E-state index is 0.438. The molecule has 1 nitrogen and oxygen atoms in total. The molecule has 0 unspecified atom stereocenters. The summed E-state index contributed by atoms with van der Waals surface area (Å²) in [5.41, 5.74) is 1.86. The SMILES string of the molecule is [CH2]C[C@@]1(C)CCCN(Cc2ccccc2)C1. The van der Waals surface area contributed by atoms with Gasteiger partial charge in [0, 0.05) is 13.1 Å². The van der Waals surface area contributed by atoms with Gasteiger partial charge in [0.05, 0.1) is 0 Å². The van der Waals surface area contributed by atoms with Gasteiger partial charge in [-0.05, 0) is 36.8 Å². The lowest BCUT2D eigenvalue weighted by atomic mass is 9.79. The first-order valence-electron chi connectivity index (χ1n) is 6.27. The first kappa shape index (κ1) is 11.7. The van der Waals surface area contributed by atoms with Crippen LogP contribution in [-0.4, -0.2) is 18.0 Å². The van der Waals surface area contributed by atoms with Crippen LogP contribution in [0.1, 0.15) is 31.7 Å². The van der Waals surface area contributed by atoms with Crippen LogP contribution in [0, 0.1) is 12.3 Å². The Balaban J connectivity index is 1.96. The predicted octanol–water partition coefficient (Wildman–Crippen LogP) is 3.51. The molecule has 1 radical (unpaired) electrons. The molecule has 1 fully saturated rings. The molecule has 2 rings (SSSR count). The molecule has 1 saturated heterocycles. The zero-order valence-electron chi connectivity index (χ0n) is 10.3. The Labute approximate surface area is 99.5 Å². The van der Waals surface area contributed by atoms with Crippen molar-refractivity contribution in [3.05, 3.63) is 42.8 Å². The van der Waals surface area contributed by atoms with E-state index in [-0.39, 0.29) is 0 Å². The van der Waals surface area contributed by atoms with Crippen LogP contribution < -0.4 is 0 Å². The smallest absolute Gasteiger partial charge is 0.0233 e. The van der Waals surface area contributed by atoms with Crippen LogP contribution in [0.5, 0.6) is 0 Å². The highest BCUT2D eigenvalue weighted by Gasteiger charge is 2.28. The molecule has 0 aromatic heterocycles. The Morgan fingerprint density at radius 1 is 1.31 bits per heavy atom. The molecule has 1 aromatic carbocycles. The molecule has 0 N–H and O–H groups in total. The lowest BCUT2D eigenvalue weighted by Gasteiger charge is -2.40. The van der Waals surface area contributed by atoms with E-state index in [1.54, 1.807) is 0 Å². The average Bonchev–Trinajstić information content (AvgIpc) is 2.30. The normalized spacial score (nSPS) is 26.9. The van der Waals surface area contributed by atoms with Gasteiger partial charge in [-0.2, -0.15) is 0 Å². The highest BCUT2D eigenvalue weighted by atomic mass is 15.1. The van der Waals surface area contributed by atoms with Crippen LogP contribution in [0.4, 0.5) is 0 Å². The summed E-state index contributed by atoms with van der Waals surface area (Å²) < 4.78 is 0. The number of likely N-dealkylation sites (tertiary alicyclic amines) is 1. The molecule has 0 bridgehead atoms. The maximum absolute atomic E-state index is 4.10. The van der Waals surface area contributed by atoms with E-state index in [4.69, 9.17) is 0 Å². The lowest BCUT2D eigenvalue weighted by Crippen LogP contribution is -2.40. The molecule has 16 heavy (non-hydrogen) atoms. The van der Waals surface area contributed by atoms with Crippen LogP contribution >= 0.6 is 0 Å². The Hall–Kier alpha value is -0.820. The van der Waals surface area contributed by atoms with Crippen molar-refractivity contribution in [3.8, 4) is 0 Å². The second-order valence-electron chi connectivity index (χ2n) is 5.36. The summed E-state index contributed by atoms with van der Waals surface area (Å²) in [6.45, 7) is 10.0. The average molecular weight is 216 g/mol. The van der Waals surface area contributed by atoms with Crippen molar-refractivity contribution in [2.24, 2.45) is 5.41 Å². The zero-order valence-corrected chi connectivity index (χ0v) is 10.3. The van der Waals surface area contributed by atoms with Gasteiger partial charge in [-0.15, -0.1) is 0 Å². The number of benzene rings is 1. The molecule has 0 aliphatic carbocycles. The topological polar surface area (TPSA) is 3.24 Å². The van der Waals surface area contributed by atoms with E-state index in [0.29, 0.717) is 5.41 Å². The van der Waals surface area contributed by atoms with Gasteiger partial charge in [0.1, 0.15) is 0 Å². The van der Waals surface area contributed by atoms with Gasteiger partial charge in [-0.3, -0.25) is 4.90 Å². The van der Waals surface area contributed by atoms with E-state index in [2.05, 4.69) is 49.1 Å². The largest absolute Gasteiger partial charge is 0.299 e. The monoisotopic (exact) mass is 216 g/mol. The Bertz CT molecular complexity index is 319. The Morgan fingerprint density at radius 2 is 2.06 bits per heavy atom. The van der Waals surface area contributed by atoms with Crippen LogP contribution in [0.15, 0.2) is 30.3 Å². The summed E-state index contributed by atoms with van der Waals surface area (Å²) in [6, 6.07) is 10.8. The molecule has 1 atom stereocenters. The number of hydrogen-bond donors (Lipinski definition) is 0. The van der Waals surface area contributed by atoms with E-state index >= 15 is 0 Å². The standard InChI is InChI=1S/C15H22N/c1-3-15(2)10-7-11-16(13-15)12-14-8-5-4-6-9-14/h4-6,8-9H,1,3,7,10-13H2,2H3/t15-/m0/s1. The van der Waals surface area contributed by atoms with Gasteiger partial charge in [0.2, 0.25) is 0 Å². The summed E-state index contributed by atoms with van der Waals surface area (Å²) >= 11 is 0. The van der Waals surface area contributed by atoms with E-state index in [9.17, 15) is 0 Å². The molecule has 0 saturated carbocycles. The van der Waals surface area contributed by atoms with Crippen molar-refractivity contribution in [2.75, 3.05) is 13.1 Å². The van der Waals surface area contributed by atoms with Crippen molar-refractivity contribution in [1.29, 1.82) is 0 Å². The third-order valence-electron chi connectivity index (χ3n) is 3.71. The van der Waals surface area contributed by atoms with E-state index in [1.807, 2.05) is 0 Å². The van der Waals surface area contributed by atoms with Crippen LogP contribution in [0.25, 0.3) is 0 Å². The van der Waals surface area contributed by atoms with Crippen molar-refractivity contribution in [1.82, 2.24) is 4.90 Å². The fourth-order valence-corrected chi connectivity index (χ4v) is 2.61. The maximum atomic E-state index is 4.10. The third kappa shape index (κ3) is 2.85. The maximum Gasteiger partial charge on any atom is 0.0233 e. The van der Waals surface area contributed by atoms with Crippen molar-refractivity contribution < 1.29 is 0 Å². The van der Waals surface area contributed by atoms with E-state index in [1.165, 1.54) is 31.5 Å². The van der Waals surface area contributed by atoms with E-state index < -0.39 is 0 Å². The Kier molecular flexibility index (Phi) is 3.65. The summed E-state index contributed by atoms with van der Waals surface area (Å²) in [5.74, 6) is 0. The minimum Gasteiger partial charge on any atom is -0.299 e. The predicted molar refractivity (Wildman–Crippen MR) is 69.0 cm³/mol. The molecular weight excluding hydrogens is 194 g/mol. The summed E-state index contributed by atoms with van der Waals surface area (Å²) in [5, 5.41) is 0. The molecular formula is C15H22N. The first-order valence-corrected chi connectivity index (χ1v) is 6.27. The second-order valence-corrected chi connectivity index (χ2v) is 5.36. The van der Waals surface area contributed by atoms with Crippen LogP contribution in [0.3, 0.4) is 0 Å². The number of piperidine rings is 1. The number of hydrogen-bond acceptors (Lipinski definition) is 1. The second kappa shape index (κ2) is 5.01. The molecule has 1 heteroatoms. The fraction of sp³-hybridized carbons (Fsp3) is 0.533. The number of rotatable bonds is 3. The van der Waals surface area contributed by atoms with Crippen LogP contribution in [-0.2, 0) is 6.54 Å². The van der Waals surface area contributed by atoms with Crippen LogP contribution in [0.2, 0.25) is 0 Å². The summed E-state index contributed by atoms with van der Waals surface area (Å²) in [6.07, 6.45) is 3.71. The highest BCUT2D eigenvalue weighted by molar-refractivity contribution is 5.14. The van der Waals surface area contributed by atoms with Crippen molar-refractivity contribution >= 4 is 0 Å². The van der Waals surface area contributed by atoms with Crippen molar-refractivity contribution in [2.45, 2.75) is 32.7 Å². The number of nitrogens with zero attached hydrogens (tertiary/aromatic N) is 1. The molecule has 0 spiro atoms. The molecule has 0 amide bonds. The molecule has 1 aromatic rings. The quantitative estimate of drug-likeness (QED) is 0.747. The Morgan fingerprint density at radius 3 is 2.75 bits per heavy atom. The third-order valence-corrected chi connectivity index (χ3v) is 3.71.